The third-order valence-corrected chi connectivity index (χ3v) is 3.83. The van der Waals surface area contributed by atoms with Crippen LogP contribution in [0.5, 0.6) is 0 Å². The molecule has 1 aromatic rings. The van der Waals surface area contributed by atoms with E-state index in [9.17, 15) is 31.4 Å². The van der Waals surface area contributed by atoms with E-state index in [4.69, 9.17) is 0 Å². The van der Waals surface area contributed by atoms with E-state index >= 15 is 0 Å². The van der Waals surface area contributed by atoms with Gasteiger partial charge in [-0.05, 0) is 17.9 Å². The van der Waals surface area contributed by atoms with Gasteiger partial charge in [0.25, 0.3) is 5.60 Å². The number of halogens is 6. The second-order valence-corrected chi connectivity index (χ2v) is 5.85. The molecule has 1 atom stereocenters. The highest BCUT2D eigenvalue weighted by molar-refractivity contribution is 5.30. The van der Waals surface area contributed by atoms with Crippen LogP contribution < -0.4 is 0 Å². The summed E-state index contributed by atoms with van der Waals surface area (Å²) >= 11 is 0. The van der Waals surface area contributed by atoms with Gasteiger partial charge >= 0.3 is 12.4 Å². The first-order valence-electron chi connectivity index (χ1n) is 7.38. The number of hydrogen-bond donors (Lipinski definition) is 1. The Bertz CT molecular complexity index is 475. The molecule has 1 unspecified atom stereocenters. The average Bonchev–Trinajstić information content (AvgIpc) is 2.42. The Morgan fingerprint density at radius 3 is 1.83 bits per heavy atom. The summed E-state index contributed by atoms with van der Waals surface area (Å²) in [7, 11) is 0. The molecule has 0 aliphatic heterocycles. The molecule has 0 fully saturated rings. The highest BCUT2D eigenvalue weighted by Crippen LogP contribution is 2.49. The summed E-state index contributed by atoms with van der Waals surface area (Å²) in [5.74, 6) is 0.282. The summed E-state index contributed by atoms with van der Waals surface area (Å²) in [6.07, 6.45) is -8.15. The third-order valence-electron chi connectivity index (χ3n) is 3.83. The van der Waals surface area contributed by atoms with Crippen molar-refractivity contribution in [3.05, 3.63) is 35.4 Å². The smallest absolute Gasteiger partial charge is 0.369 e. The molecule has 23 heavy (non-hydrogen) atoms. The van der Waals surface area contributed by atoms with Crippen molar-refractivity contribution in [2.75, 3.05) is 0 Å². The number of aliphatic hydroxyl groups is 1. The van der Waals surface area contributed by atoms with E-state index in [0.717, 1.165) is 19.3 Å². The molecule has 0 aliphatic carbocycles. The van der Waals surface area contributed by atoms with Gasteiger partial charge in [-0.1, -0.05) is 57.4 Å². The zero-order chi connectivity index (χ0) is 17.9. The zero-order valence-corrected chi connectivity index (χ0v) is 12.9. The molecule has 1 aromatic carbocycles. The largest absolute Gasteiger partial charge is 0.430 e. The molecule has 1 rings (SSSR count). The highest BCUT2D eigenvalue weighted by Gasteiger charge is 2.71. The fourth-order valence-electron chi connectivity index (χ4n) is 2.43. The van der Waals surface area contributed by atoms with Crippen LogP contribution in [-0.2, 0) is 12.0 Å². The Balaban J connectivity index is 3.02. The number of unbranched alkanes of at least 4 members (excludes halogenated alkanes) is 1. The lowest BCUT2D eigenvalue weighted by molar-refractivity contribution is -0.376. The summed E-state index contributed by atoms with van der Waals surface area (Å²) in [6, 6.07) is 3.81. The maximum absolute atomic E-state index is 12.8. The van der Waals surface area contributed by atoms with Crippen LogP contribution in [-0.4, -0.2) is 17.5 Å². The normalized spacial score (nSPS) is 14.8. The molecule has 132 valence electrons. The van der Waals surface area contributed by atoms with Gasteiger partial charge in [-0.3, -0.25) is 0 Å². The average molecular weight is 342 g/mol. The molecule has 0 radical (unpaired) electrons. The molecular weight excluding hydrogens is 322 g/mol. The minimum Gasteiger partial charge on any atom is -0.369 e. The van der Waals surface area contributed by atoms with E-state index in [1.165, 1.54) is 12.1 Å². The molecule has 0 heterocycles. The van der Waals surface area contributed by atoms with Crippen molar-refractivity contribution in [3.8, 4) is 0 Å². The molecule has 1 nitrogen and oxygen atoms in total. The minimum atomic E-state index is -5.85. The van der Waals surface area contributed by atoms with Gasteiger partial charge in [0, 0.05) is 5.56 Å². The first kappa shape index (κ1) is 19.8. The van der Waals surface area contributed by atoms with Gasteiger partial charge in [0.05, 0.1) is 0 Å². The first-order valence-corrected chi connectivity index (χ1v) is 7.38. The van der Waals surface area contributed by atoms with Crippen molar-refractivity contribution < 1.29 is 31.4 Å². The van der Waals surface area contributed by atoms with Gasteiger partial charge in [-0.2, -0.15) is 26.3 Å². The van der Waals surface area contributed by atoms with Gasteiger partial charge in [-0.15, -0.1) is 0 Å². The monoisotopic (exact) mass is 342 g/mol. The highest BCUT2D eigenvalue weighted by atomic mass is 19.4. The van der Waals surface area contributed by atoms with E-state index in [-0.39, 0.29) is 5.92 Å². The number of alkyl halides is 6. The summed E-state index contributed by atoms with van der Waals surface area (Å²) in [5, 5.41) is 9.29. The maximum atomic E-state index is 12.8. The summed E-state index contributed by atoms with van der Waals surface area (Å²) in [4.78, 5) is 0. The second-order valence-electron chi connectivity index (χ2n) is 5.85. The lowest BCUT2D eigenvalue weighted by Gasteiger charge is -2.32. The van der Waals surface area contributed by atoms with Gasteiger partial charge in [0.15, 0.2) is 0 Å². The minimum absolute atomic E-state index is 0.282. The Labute approximate surface area is 131 Å². The summed E-state index contributed by atoms with van der Waals surface area (Å²) in [5.41, 5.74) is -5.43. The van der Waals surface area contributed by atoms with E-state index in [0.29, 0.717) is 24.1 Å². The van der Waals surface area contributed by atoms with Crippen LogP contribution in [0.15, 0.2) is 24.3 Å². The van der Waals surface area contributed by atoms with Gasteiger partial charge in [0.2, 0.25) is 0 Å². The van der Waals surface area contributed by atoms with Gasteiger partial charge in [-0.25, -0.2) is 0 Å². The second kappa shape index (κ2) is 7.11. The number of benzene rings is 1. The lowest BCUT2D eigenvalue weighted by atomic mass is 9.89. The van der Waals surface area contributed by atoms with E-state index in [1.54, 1.807) is 0 Å². The van der Waals surface area contributed by atoms with Crippen LogP contribution in [0.25, 0.3) is 0 Å². The Morgan fingerprint density at radius 1 is 0.957 bits per heavy atom. The predicted octanol–water partition coefficient (Wildman–Crippen LogP) is 5.37. The van der Waals surface area contributed by atoms with Crippen LogP contribution >= 0.6 is 0 Å². The summed E-state index contributed by atoms with van der Waals surface area (Å²) in [6.45, 7) is 4.02. The van der Waals surface area contributed by atoms with Crippen LogP contribution in [0, 0.1) is 5.92 Å². The molecule has 1 N–H and O–H groups in total. The fourth-order valence-corrected chi connectivity index (χ4v) is 2.43. The number of hydrogen-bond acceptors (Lipinski definition) is 1. The fraction of sp³-hybridized carbons (Fsp3) is 0.625. The van der Waals surface area contributed by atoms with Crippen molar-refractivity contribution in [2.24, 2.45) is 5.92 Å². The van der Waals surface area contributed by atoms with Crippen molar-refractivity contribution in [1.29, 1.82) is 0 Å². The maximum Gasteiger partial charge on any atom is 0.430 e. The molecule has 0 aromatic heterocycles. The third kappa shape index (κ3) is 4.40. The molecular formula is C16H20F6O. The van der Waals surface area contributed by atoms with Crippen LogP contribution in [0.2, 0.25) is 0 Å². The molecule has 0 amide bonds. The van der Waals surface area contributed by atoms with Crippen LogP contribution in [0.1, 0.15) is 44.2 Å². The molecule has 7 heteroatoms. The lowest BCUT2D eigenvalue weighted by Crippen LogP contribution is -2.53. The van der Waals surface area contributed by atoms with Crippen molar-refractivity contribution >= 4 is 0 Å². The van der Waals surface area contributed by atoms with Gasteiger partial charge in [0.1, 0.15) is 0 Å². The Morgan fingerprint density at radius 2 is 1.43 bits per heavy atom. The molecule has 0 saturated carbocycles. The molecule has 0 spiro atoms. The van der Waals surface area contributed by atoms with Crippen molar-refractivity contribution in [2.45, 2.75) is 57.5 Å². The molecule has 0 aliphatic rings. The number of rotatable bonds is 6. The van der Waals surface area contributed by atoms with Crippen molar-refractivity contribution in [3.63, 3.8) is 0 Å². The SMILES string of the molecule is CCCCC(C)Cc1ccc(C(O)(C(F)(F)F)C(F)(F)F)cc1. The Hall–Kier alpha value is -1.24. The summed E-state index contributed by atoms with van der Waals surface area (Å²) < 4.78 is 76.6. The van der Waals surface area contributed by atoms with E-state index in [1.807, 2.05) is 13.8 Å². The first-order chi connectivity index (χ1) is 10.4. The van der Waals surface area contributed by atoms with Gasteiger partial charge < -0.3 is 5.11 Å². The topological polar surface area (TPSA) is 20.2 Å². The molecule has 0 saturated heterocycles. The van der Waals surface area contributed by atoms with E-state index < -0.39 is 23.5 Å². The van der Waals surface area contributed by atoms with Crippen molar-refractivity contribution in [1.82, 2.24) is 0 Å². The van der Waals surface area contributed by atoms with Crippen LogP contribution in [0.3, 0.4) is 0 Å². The quantitative estimate of drug-likeness (QED) is 0.689. The van der Waals surface area contributed by atoms with Crippen LogP contribution in [0.4, 0.5) is 26.3 Å². The Kier molecular flexibility index (Phi) is 6.12. The zero-order valence-electron chi connectivity index (χ0n) is 12.9. The van der Waals surface area contributed by atoms with E-state index in [2.05, 4.69) is 0 Å². The predicted molar refractivity (Wildman–Crippen MR) is 74.8 cm³/mol. The molecule has 0 bridgehead atoms. The standard InChI is InChI=1S/C16H20F6O/c1-3-4-5-11(2)10-12-6-8-13(9-7-12)14(23,15(17,18)19)16(20,21)22/h6-9,11,23H,3-5,10H2,1-2H3.